The lowest BCUT2D eigenvalue weighted by Crippen LogP contribution is -2.41. The van der Waals surface area contributed by atoms with E-state index >= 15 is 0 Å². The van der Waals surface area contributed by atoms with Gasteiger partial charge in [-0.3, -0.25) is 9.10 Å². The fourth-order valence-electron chi connectivity index (χ4n) is 2.53. The highest BCUT2D eigenvalue weighted by atomic mass is 32.2. The van der Waals surface area contributed by atoms with Crippen LogP contribution in [0.3, 0.4) is 0 Å². The molecule has 7 heteroatoms. The summed E-state index contributed by atoms with van der Waals surface area (Å²) in [6.07, 6.45) is 1.07. The lowest BCUT2D eigenvalue weighted by atomic mass is 10.1. The molecular formula is C19H23FN2O3S. The Morgan fingerprint density at radius 3 is 2.27 bits per heavy atom. The minimum Gasteiger partial charge on any atom is -0.348 e. The Morgan fingerprint density at radius 1 is 1.12 bits per heavy atom. The maximum Gasteiger partial charge on any atom is 0.241 e. The summed E-state index contributed by atoms with van der Waals surface area (Å²) in [6.45, 7) is 5.25. The van der Waals surface area contributed by atoms with Gasteiger partial charge in [0.1, 0.15) is 12.4 Å². The zero-order chi connectivity index (χ0) is 19.5. The molecule has 140 valence electrons. The van der Waals surface area contributed by atoms with E-state index in [0.717, 1.165) is 27.3 Å². The standard InChI is InChI=1S/C19H23FN2O3S/c1-13-5-10-18(11-14(13)2)22(26(4,24)25)12-19(23)21-15(3)16-6-8-17(20)9-7-16/h5-11,15H,12H2,1-4H3,(H,21,23)/t15-/m0/s1. The van der Waals surface area contributed by atoms with Crippen molar-refractivity contribution in [1.29, 1.82) is 0 Å². The molecule has 2 rings (SSSR count). The van der Waals surface area contributed by atoms with Gasteiger partial charge in [0.15, 0.2) is 0 Å². The first-order valence-electron chi connectivity index (χ1n) is 8.17. The smallest absolute Gasteiger partial charge is 0.241 e. The number of nitrogens with one attached hydrogen (secondary N) is 1. The third kappa shape index (κ3) is 5.05. The van der Waals surface area contributed by atoms with Crippen molar-refractivity contribution in [3.05, 3.63) is 65.0 Å². The Balaban J connectivity index is 2.16. The first kappa shape index (κ1) is 19.9. The van der Waals surface area contributed by atoms with Crippen LogP contribution in [0.25, 0.3) is 0 Å². The maximum atomic E-state index is 13.0. The molecule has 0 saturated heterocycles. The van der Waals surface area contributed by atoms with E-state index < -0.39 is 15.9 Å². The second-order valence-corrected chi connectivity index (χ2v) is 8.29. The van der Waals surface area contributed by atoms with Gasteiger partial charge < -0.3 is 5.32 Å². The molecule has 0 aliphatic heterocycles. The number of nitrogens with zero attached hydrogens (tertiary/aromatic N) is 1. The van der Waals surface area contributed by atoms with Gasteiger partial charge in [-0.05, 0) is 61.7 Å². The van der Waals surface area contributed by atoms with Gasteiger partial charge in [-0.2, -0.15) is 0 Å². The molecule has 1 amide bonds. The van der Waals surface area contributed by atoms with Crippen LogP contribution in [0.1, 0.15) is 29.7 Å². The Bertz CT molecular complexity index is 896. The summed E-state index contributed by atoms with van der Waals surface area (Å²) in [5.41, 5.74) is 3.16. The number of halogens is 1. The first-order valence-corrected chi connectivity index (χ1v) is 10.0. The van der Waals surface area contributed by atoms with Crippen LogP contribution >= 0.6 is 0 Å². The summed E-state index contributed by atoms with van der Waals surface area (Å²) < 4.78 is 38.4. The minimum absolute atomic E-state index is 0.327. The highest BCUT2D eigenvalue weighted by Crippen LogP contribution is 2.21. The van der Waals surface area contributed by atoms with Gasteiger partial charge in [0.05, 0.1) is 18.0 Å². The molecule has 0 unspecified atom stereocenters. The summed E-state index contributed by atoms with van der Waals surface area (Å²) in [5, 5.41) is 2.75. The van der Waals surface area contributed by atoms with Gasteiger partial charge in [0, 0.05) is 0 Å². The SMILES string of the molecule is Cc1ccc(N(CC(=O)N[C@@H](C)c2ccc(F)cc2)S(C)(=O)=O)cc1C. The largest absolute Gasteiger partial charge is 0.348 e. The molecule has 0 heterocycles. The van der Waals surface area contributed by atoms with Crippen molar-refractivity contribution in [3.63, 3.8) is 0 Å². The highest BCUT2D eigenvalue weighted by molar-refractivity contribution is 7.92. The fraction of sp³-hybridized carbons (Fsp3) is 0.316. The molecule has 2 aromatic carbocycles. The van der Waals surface area contributed by atoms with Crippen LogP contribution < -0.4 is 9.62 Å². The van der Waals surface area contributed by atoms with Crippen molar-refractivity contribution in [3.8, 4) is 0 Å². The molecule has 1 N–H and O–H groups in total. The third-order valence-electron chi connectivity index (χ3n) is 4.21. The van der Waals surface area contributed by atoms with Gasteiger partial charge in [0.25, 0.3) is 0 Å². The number of aryl methyl sites for hydroxylation is 2. The molecule has 0 bridgehead atoms. The first-order chi connectivity index (χ1) is 12.1. The molecule has 1 atom stereocenters. The number of rotatable bonds is 6. The maximum absolute atomic E-state index is 13.0. The van der Waals surface area contributed by atoms with Crippen LogP contribution in [0.15, 0.2) is 42.5 Å². The Hall–Kier alpha value is -2.41. The number of anilines is 1. The summed E-state index contributed by atoms with van der Waals surface area (Å²) >= 11 is 0. The number of sulfonamides is 1. The van der Waals surface area contributed by atoms with Gasteiger partial charge in [0.2, 0.25) is 15.9 Å². The van der Waals surface area contributed by atoms with Gasteiger partial charge in [-0.25, -0.2) is 12.8 Å². The summed E-state index contributed by atoms with van der Waals surface area (Å²) in [4.78, 5) is 12.4. The van der Waals surface area contributed by atoms with Crippen LogP contribution in [-0.2, 0) is 14.8 Å². The van der Waals surface area contributed by atoms with Crippen molar-refractivity contribution >= 4 is 21.6 Å². The molecule has 0 aromatic heterocycles. The second-order valence-electron chi connectivity index (χ2n) is 6.38. The number of benzene rings is 2. The predicted octanol–water partition coefficient (Wildman–Crippen LogP) is 3.09. The number of carbonyl (C=O) groups excluding carboxylic acids is 1. The van der Waals surface area contributed by atoms with Crippen LogP contribution in [0.2, 0.25) is 0 Å². The van der Waals surface area contributed by atoms with Crippen molar-refractivity contribution in [2.45, 2.75) is 26.8 Å². The number of amides is 1. The summed E-state index contributed by atoms with van der Waals surface area (Å²) in [5.74, 6) is -0.796. The number of hydrogen-bond donors (Lipinski definition) is 1. The van der Waals surface area contributed by atoms with Crippen molar-refractivity contribution in [2.24, 2.45) is 0 Å². The molecule has 0 radical (unpaired) electrons. The van der Waals surface area contributed by atoms with Crippen LogP contribution in [0, 0.1) is 19.7 Å². The minimum atomic E-state index is -3.63. The van der Waals surface area contributed by atoms with E-state index in [9.17, 15) is 17.6 Å². The van der Waals surface area contributed by atoms with E-state index in [1.165, 1.54) is 12.1 Å². The third-order valence-corrected chi connectivity index (χ3v) is 5.35. The van der Waals surface area contributed by atoms with Crippen molar-refractivity contribution < 1.29 is 17.6 Å². The Morgan fingerprint density at radius 2 is 1.73 bits per heavy atom. The average molecular weight is 378 g/mol. The zero-order valence-corrected chi connectivity index (χ0v) is 16.1. The van der Waals surface area contributed by atoms with Crippen molar-refractivity contribution in [2.75, 3.05) is 17.1 Å². The van der Waals surface area contributed by atoms with E-state index in [1.807, 2.05) is 19.9 Å². The van der Waals surface area contributed by atoms with Crippen LogP contribution in [0.5, 0.6) is 0 Å². The number of carbonyl (C=O) groups is 1. The molecule has 0 fully saturated rings. The summed E-state index contributed by atoms with van der Waals surface area (Å²) in [6, 6.07) is 10.7. The Kier molecular flexibility index (Phi) is 6.02. The molecular weight excluding hydrogens is 355 g/mol. The van der Waals surface area contributed by atoms with Gasteiger partial charge in [-0.15, -0.1) is 0 Å². The monoisotopic (exact) mass is 378 g/mol. The van der Waals surface area contributed by atoms with E-state index in [2.05, 4.69) is 5.32 Å². The molecule has 2 aromatic rings. The van der Waals surface area contributed by atoms with Gasteiger partial charge in [-0.1, -0.05) is 18.2 Å². The van der Waals surface area contributed by atoms with Crippen molar-refractivity contribution in [1.82, 2.24) is 5.32 Å². The topological polar surface area (TPSA) is 66.5 Å². The lowest BCUT2D eigenvalue weighted by Gasteiger charge is -2.24. The molecule has 0 aliphatic carbocycles. The fourth-order valence-corrected chi connectivity index (χ4v) is 3.38. The number of hydrogen-bond acceptors (Lipinski definition) is 3. The van der Waals surface area contributed by atoms with E-state index in [0.29, 0.717) is 5.69 Å². The van der Waals surface area contributed by atoms with Crippen LogP contribution in [-0.4, -0.2) is 27.1 Å². The molecule has 26 heavy (non-hydrogen) atoms. The summed E-state index contributed by atoms with van der Waals surface area (Å²) in [7, 11) is -3.63. The normalized spacial score (nSPS) is 12.5. The molecule has 5 nitrogen and oxygen atoms in total. The zero-order valence-electron chi connectivity index (χ0n) is 15.3. The molecule has 0 aliphatic rings. The second kappa shape index (κ2) is 7.86. The van der Waals surface area contributed by atoms with E-state index in [-0.39, 0.29) is 18.4 Å². The van der Waals surface area contributed by atoms with Gasteiger partial charge >= 0.3 is 0 Å². The quantitative estimate of drug-likeness (QED) is 0.840. The van der Waals surface area contributed by atoms with Crippen LogP contribution in [0.4, 0.5) is 10.1 Å². The van der Waals surface area contributed by atoms with E-state index in [4.69, 9.17) is 0 Å². The lowest BCUT2D eigenvalue weighted by molar-refractivity contribution is -0.120. The highest BCUT2D eigenvalue weighted by Gasteiger charge is 2.22. The average Bonchev–Trinajstić information content (AvgIpc) is 2.55. The predicted molar refractivity (Wildman–Crippen MR) is 101 cm³/mol. The van der Waals surface area contributed by atoms with E-state index in [1.54, 1.807) is 31.2 Å². The molecule has 0 saturated carbocycles. The molecule has 0 spiro atoms. The Labute approximate surface area is 153 Å².